The number of hydrogen-bond acceptors (Lipinski definition) is 3. The highest BCUT2D eigenvalue weighted by atomic mass is 19.1. The van der Waals surface area contributed by atoms with Crippen LogP contribution in [0.15, 0.2) is 36.7 Å². The van der Waals surface area contributed by atoms with Crippen molar-refractivity contribution in [2.45, 2.75) is 0 Å². The zero-order valence-electron chi connectivity index (χ0n) is 7.16. The zero-order chi connectivity index (χ0) is 10.6. The van der Waals surface area contributed by atoms with Gasteiger partial charge in [-0.2, -0.15) is 9.65 Å². The molecule has 1 aromatic rings. The Morgan fingerprint density at radius 3 is 2.43 bits per heavy atom. The molecule has 0 saturated heterocycles. The van der Waals surface area contributed by atoms with Crippen LogP contribution in [0.2, 0.25) is 0 Å². The average Bonchev–Trinajstić information content (AvgIpc) is 2.19. The first-order valence-corrected chi connectivity index (χ1v) is 3.70. The summed E-state index contributed by atoms with van der Waals surface area (Å²) in [6.45, 7) is 2.79. The summed E-state index contributed by atoms with van der Waals surface area (Å²) in [6.07, 6.45) is 0. The van der Waals surface area contributed by atoms with Crippen LogP contribution in [-0.2, 0) is 4.79 Å². The molecule has 0 spiro atoms. The Morgan fingerprint density at radius 2 is 2.00 bits per heavy atom. The minimum Gasteiger partial charge on any atom is -0.421 e. The van der Waals surface area contributed by atoms with Gasteiger partial charge in [0.25, 0.3) is 0 Å². The van der Waals surface area contributed by atoms with E-state index in [1.165, 1.54) is 24.3 Å². The van der Waals surface area contributed by atoms with Crippen LogP contribution in [0.1, 0.15) is 5.56 Å². The molecule has 0 fully saturated rings. The predicted molar refractivity (Wildman–Crippen MR) is 47.0 cm³/mol. The van der Waals surface area contributed by atoms with Gasteiger partial charge in [-0.3, -0.25) is 0 Å². The van der Waals surface area contributed by atoms with Gasteiger partial charge in [0.2, 0.25) is 5.83 Å². The first-order valence-electron chi connectivity index (χ1n) is 3.70. The molecule has 0 bridgehead atoms. The zero-order valence-corrected chi connectivity index (χ0v) is 7.16. The molecule has 3 nitrogen and oxygen atoms in total. The summed E-state index contributed by atoms with van der Waals surface area (Å²) in [4.78, 5) is 10.7. The smallest absolute Gasteiger partial charge is 0.371 e. The third-order valence-corrected chi connectivity index (χ3v) is 1.42. The van der Waals surface area contributed by atoms with Gasteiger partial charge >= 0.3 is 5.97 Å². The minimum absolute atomic E-state index is 0.174. The lowest BCUT2D eigenvalue weighted by Gasteiger charge is -2.00. The highest BCUT2D eigenvalue weighted by Gasteiger charge is 2.08. The molecular weight excluding hydrogens is 185 g/mol. The highest BCUT2D eigenvalue weighted by Crippen LogP contribution is 2.13. The molecule has 4 heteroatoms. The van der Waals surface area contributed by atoms with Crippen molar-refractivity contribution in [1.82, 2.24) is 0 Å². The van der Waals surface area contributed by atoms with Crippen molar-refractivity contribution in [3.8, 4) is 11.8 Å². The largest absolute Gasteiger partial charge is 0.421 e. The van der Waals surface area contributed by atoms with Crippen LogP contribution in [-0.4, -0.2) is 5.97 Å². The molecule has 0 atom stereocenters. The van der Waals surface area contributed by atoms with Gasteiger partial charge in [0.05, 0.1) is 11.6 Å². The summed E-state index contributed by atoms with van der Waals surface area (Å²) in [7, 11) is 0. The maximum Gasteiger partial charge on any atom is 0.371 e. The van der Waals surface area contributed by atoms with Gasteiger partial charge in [-0.15, -0.1) is 0 Å². The van der Waals surface area contributed by atoms with E-state index in [0.717, 1.165) is 0 Å². The van der Waals surface area contributed by atoms with Crippen LogP contribution < -0.4 is 4.74 Å². The Morgan fingerprint density at radius 1 is 1.43 bits per heavy atom. The summed E-state index contributed by atoms with van der Waals surface area (Å²) in [5.41, 5.74) is 0.434. The van der Waals surface area contributed by atoms with E-state index in [4.69, 9.17) is 5.26 Å². The van der Waals surface area contributed by atoms with Gasteiger partial charge in [-0.1, -0.05) is 6.58 Å². The van der Waals surface area contributed by atoms with Crippen molar-refractivity contribution in [2.75, 3.05) is 0 Å². The number of benzene rings is 1. The highest BCUT2D eigenvalue weighted by molar-refractivity contribution is 5.87. The van der Waals surface area contributed by atoms with Crippen LogP contribution in [0.3, 0.4) is 0 Å². The summed E-state index contributed by atoms with van der Waals surface area (Å²) in [6, 6.07) is 7.63. The van der Waals surface area contributed by atoms with E-state index in [9.17, 15) is 9.18 Å². The molecule has 0 amide bonds. The van der Waals surface area contributed by atoms with Crippen molar-refractivity contribution in [2.24, 2.45) is 0 Å². The van der Waals surface area contributed by atoms with E-state index in [1.807, 2.05) is 6.07 Å². The van der Waals surface area contributed by atoms with E-state index in [-0.39, 0.29) is 5.75 Å². The number of hydrogen-bond donors (Lipinski definition) is 0. The van der Waals surface area contributed by atoms with Crippen molar-refractivity contribution in [3.63, 3.8) is 0 Å². The lowest BCUT2D eigenvalue weighted by molar-refractivity contribution is -0.131. The molecule has 0 N–H and O–H groups in total. The Hall–Kier alpha value is -2.15. The van der Waals surface area contributed by atoms with E-state index in [0.29, 0.717) is 5.56 Å². The Balaban J connectivity index is 2.75. The summed E-state index contributed by atoms with van der Waals surface area (Å²) < 4.78 is 16.8. The molecule has 0 aromatic heterocycles. The summed E-state index contributed by atoms with van der Waals surface area (Å²) in [5, 5.41) is 8.47. The molecule has 70 valence electrons. The number of ether oxygens (including phenoxy) is 1. The maximum absolute atomic E-state index is 12.2. The van der Waals surface area contributed by atoms with Gasteiger partial charge in [0, 0.05) is 0 Å². The average molecular weight is 191 g/mol. The van der Waals surface area contributed by atoms with Gasteiger partial charge in [0.1, 0.15) is 5.75 Å². The van der Waals surface area contributed by atoms with Crippen LogP contribution in [0.25, 0.3) is 0 Å². The topological polar surface area (TPSA) is 50.1 Å². The molecule has 14 heavy (non-hydrogen) atoms. The number of halogens is 1. The third-order valence-electron chi connectivity index (χ3n) is 1.42. The molecule has 0 aliphatic carbocycles. The van der Waals surface area contributed by atoms with Gasteiger partial charge in [-0.25, -0.2) is 4.79 Å². The van der Waals surface area contributed by atoms with E-state index >= 15 is 0 Å². The molecule has 0 unspecified atom stereocenters. The Bertz CT molecular complexity index is 403. The fourth-order valence-electron chi connectivity index (χ4n) is 0.760. The summed E-state index contributed by atoms with van der Waals surface area (Å²) >= 11 is 0. The molecule has 0 aliphatic heterocycles. The number of carbonyl (C=O) groups excluding carboxylic acids is 1. The molecule has 0 saturated carbocycles. The van der Waals surface area contributed by atoms with Gasteiger partial charge in [-0.05, 0) is 24.3 Å². The number of nitrogens with zero attached hydrogens (tertiary/aromatic N) is 1. The first kappa shape index (κ1) is 9.93. The minimum atomic E-state index is -1.16. The molecule has 0 heterocycles. The second-order valence-corrected chi connectivity index (χ2v) is 2.43. The monoisotopic (exact) mass is 191 g/mol. The number of nitriles is 1. The van der Waals surface area contributed by atoms with Crippen LogP contribution in [0.5, 0.6) is 5.75 Å². The van der Waals surface area contributed by atoms with E-state index in [1.54, 1.807) is 0 Å². The third kappa shape index (κ3) is 2.42. The molecule has 1 rings (SSSR count). The lowest BCUT2D eigenvalue weighted by Crippen LogP contribution is -2.07. The van der Waals surface area contributed by atoms with Crippen LogP contribution in [0.4, 0.5) is 4.39 Å². The Labute approximate surface area is 80.0 Å². The Kier molecular flexibility index (Phi) is 2.97. The summed E-state index contributed by atoms with van der Waals surface area (Å²) in [5.74, 6) is -2.11. The fourth-order valence-corrected chi connectivity index (χ4v) is 0.760. The second kappa shape index (κ2) is 4.19. The van der Waals surface area contributed by atoms with E-state index < -0.39 is 11.8 Å². The van der Waals surface area contributed by atoms with Crippen molar-refractivity contribution in [3.05, 3.63) is 42.2 Å². The number of esters is 1. The lowest BCUT2D eigenvalue weighted by atomic mass is 10.2. The van der Waals surface area contributed by atoms with Crippen LogP contribution >= 0.6 is 0 Å². The fraction of sp³-hybridized carbons (Fsp3) is 0. The van der Waals surface area contributed by atoms with Crippen LogP contribution in [0, 0.1) is 11.3 Å². The second-order valence-electron chi connectivity index (χ2n) is 2.43. The van der Waals surface area contributed by atoms with E-state index in [2.05, 4.69) is 11.3 Å². The van der Waals surface area contributed by atoms with Crippen molar-refractivity contribution in [1.29, 1.82) is 5.26 Å². The standard InChI is InChI=1S/C10H6FNO2/c1-7(11)10(13)14-9-4-2-8(6-12)3-5-9/h2-5H,1H2. The molecule has 0 radical (unpaired) electrons. The SMILES string of the molecule is C=C(F)C(=O)Oc1ccc(C#N)cc1. The first-order chi connectivity index (χ1) is 6.63. The number of carbonyl (C=O) groups is 1. The molecule has 0 aliphatic rings. The maximum atomic E-state index is 12.2. The van der Waals surface area contributed by atoms with Crippen molar-refractivity contribution >= 4 is 5.97 Å². The van der Waals surface area contributed by atoms with Gasteiger partial charge in [0.15, 0.2) is 0 Å². The predicted octanol–water partition coefficient (Wildman–Crippen LogP) is 1.95. The quantitative estimate of drug-likeness (QED) is 0.407. The van der Waals surface area contributed by atoms with Crippen molar-refractivity contribution < 1.29 is 13.9 Å². The molecular formula is C10H6FNO2. The number of rotatable bonds is 2. The normalized spacial score (nSPS) is 8.86. The van der Waals surface area contributed by atoms with Gasteiger partial charge < -0.3 is 4.74 Å². The molecule has 1 aromatic carbocycles.